The van der Waals surface area contributed by atoms with Crippen LogP contribution >= 0.6 is 23.1 Å². The molecule has 34 heavy (non-hydrogen) atoms. The van der Waals surface area contributed by atoms with Crippen LogP contribution in [-0.2, 0) is 17.6 Å². The van der Waals surface area contributed by atoms with Gasteiger partial charge in [0.1, 0.15) is 4.83 Å². The number of aryl methyl sites for hydroxylation is 2. The summed E-state index contributed by atoms with van der Waals surface area (Å²) in [5.74, 6) is -0.922. The number of fused-ring (bicyclic) bond motifs is 3. The van der Waals surface area contributed by atoms with Crippen LogP contribution < -0.4 is 16.4 Å². The van der Waals surface area contributed by atoms with Crippen LogP contribution in [0.5, 0.6) is 0 Å². The minimum atomic E-state index is -0.552. The molecule has 2 amide bonds. The van der Waals surface area contributed by atoms with Gasteiger partial charge >= 0.3 is 5.91 Å². The number of nitrogens with zero attached hydrogens (tertiary/aromatic N) is 2. The fourth-order valence-corrected chi connectivity index (χ4v) is 6.14. The van der Waals surface area contributed by atoms with E-state index in [1.807, 2.05) is 30.3 Å². The minimum Gasteiger partial charge on any atom is -0.459 e. The maximum absolute atomic E-state index is 13.7. The third-order valence-electron chi connectivity index (χ3n) is 5.62. The van der Waals surface area contributed by atoms with Gasteiger partial charge < -0.3 is 4.42 Å². The van der Waals surface area contributed by atoms with Gasteiger partial charge in [-0.05, 0) is 55.5 Å². The second-order valence-electron chi connectivity index (χ2n) is 7.88. The second kappa shape index (κ2) is 9.86. The lowest BCUT2D eigenvalue weighted by Gasteiger charge is -2.12. The number of nitrogens with one attached hydrogen (secondary N) is 2. The van der Waals surface area contributed by atoms with Crippen LogP contribution in [0.2, 0.25) is 0 Å². The van der Waals surface area contributed by atoms with Gasteiger partial charge in [-0.2, -0.15) is 0 Å². The van der Waals surface area contributed by atoms with E-state index >= 15 is 0 Å². The number of para-hydroxylation sites is 1. The van der Waals surface area contributed by atoms with E-state index in [4.69, 9.17) is 9.40 Å². The van der Waals surface area contributed by atoms with Gasteiger partial charge in [-0.25, -0.2) is 4.98 Å². The summed E-state index contributed by atoms with van der Waals surface area (Å²) < 4.78 is 6.59. The first kappa shape index (κ1) is 22.4. The molecule has 10 heteroatoms. The molecule has 8 nitrogen and oxygen atoms in total. The number of thioether (sulfide) groups is 1. The van der Waals surface area contributed by atoms with Crippen LogP contribution in [0, 0.1) is 0 Å². The molecule has 0 saturated heterocycles. The van der Waals surface area contributed by atoms with Gasteiger partial charge in [0.25, 0.3) is 5.56 Å². The van der Waals surface area contributed by atoms with Crippen molar-refractivity contribution in [2.75, 3.05) is 5.75 Å². The van der Waals surface area contributed by atoms with Crippen LogP contribution in [-0.4, -0.2) is 27.1 Å². The number of carbonyl (C=O) groups excluding carboxylic acids is 2. The minimum absolute atomic E-state index is 0.0334. The van der Waals surface area contributed by atoms with Crippen LogP contribution in [0.1, 0.15) is 40.3 Å². The zero-order valence-electron chi connectivity index (χ0n) is 18.2. The second-order valence-corrected chi connectivity index (χ2v) is 9.91. The first-order valence-electron chi connectivity index (χ1n) is 11.0. The van der Waals surface area contributed by atoms with Crippen LogP contribution in [0.15, 0.2) is 63.1 Å². The molecular formula is C24H22N4O4S2. The Balaban J connectivity index is 1.43. The Kier molecular flexibility index (Phi) is 6.50. The average molecular weight is 495 g/mol. The molecule has 0 saturated carbocycles. The van der Waals surface area contributed by atoms with Crippen molar-refractivity contribution < 1.29 is 14.0 Å². The Hall–Kier alpha value is -3.37. The molecule has 1 aliphatic carbocycles. The Morgan fingerprint density at radius 1 is 1.06 bits per heavy atom. The maximum atomic E-state index is 13.7. The molecule has 3 aromatic heterocycles. The maximum Gasteiger partial charge on any atom is 0.305 e. The normalized spacial score (nSPS) is 13.3. The van der Waals surface area contributed by atoms with Crippen molar-refractivity contribution in [1.82, 2.24) is 20.4 Å². The van der Waals surface area contributed by atoms with Gasteiger partial charge in [0, 0.05) is 4.88 Å². The Bertz CT molecular complexity index is 1390. The quantitative estimate of drug-likeness (QED) is 0.189. The Morgan fingerprint density at radius 2 is 1.88 bits per heavy atom. The summed E-state index contributed by atoms with van der Waals surface area (Å²) >= 11 is 2.74. The summed E-state index contributed by atoms with van der Waals surface area (Å²) in [6.45, 7) is 0. The van der Waals surface area contributed by atoms with Gasteiger partial charge in [-0.3, -0.25) is 29.8 Å². The van der Waals surface area contributed by atoms with E-state index in [9.17, 15) is 14.4 Å². The largest absolute Gasteiger partial charge is 0.459 e. The molecule has 3 heterocycles. The monoisotopic (exact) mass is 494 g/mol. The summed E-state index contributed by atoms with van der Waals surface area (Å²) in [5, 5.41) is 1.14. The first-order chi connectivity index (χ1) is 16.6. The van der Waals surface area contributed by atoms with Crippen molar-refractivity contribution in [3.63, 3.8) is 0 Å². The SMILES string of the molecule is O=C(CSc1nc2sc3c(c2c(=O)n1-c1ccccc1)CCCCC3)NNC(=O)c1ccco1. The van der Waals surface area contributed by atoms with Crippen molar-refractivity contribution in [3.05, 3.63) is 75.3 Å². The lowest BCUT2D eigenvalue weighted by Crippen LogP contribution is -2.42. The summed E-state index contributed by atoms with van der Waals surface area (Å²) in [6, 6.07) is 12.4. The van der Waals surface area contributed by atoms with Gasteiger partial charge in [0.2, 0.25) is 5.91 Å². The van der Waals surface area contributed by atoms with E-state index in [1.165, 1.54) is 23.6 Å². The molecule has 2 N–H and O–H groups in total. The van der Waals surface area contributed by atoms with Gasteiger partial charge in [0.15, 0.2) is 10.9 Å². The van der Waals surface area contributed by atoms with Crippen LogP contribution in [0.25, 0.3) is 15.9 Å². The van der Waals surface area contributed by atoms with E-state index in [0.29, 0.717) is 16.2 Å². The predicted molar refractivity (Wildman–Crippen MR) is 132 cm³/mol. The van der Waals surface area contributed by atoms with E-state index in [-0.39, 0.29) is 17.1 Å². The molecule has 174 valence electrons. The number of hydrogen-bond acceptors (Lipinski definition) is 7. The van der Waals surface area contributed by atoms with Gasteiger partial charge in [-0.15, -0.1) is 11.3 Å². The fraction of sp³-hybridized carbons (Fsp3) is 0.250. The number of amides is 2. The third-order valence-corrected chi connectivity index (χ3v) is 7.74. The molecule has 0 bridgehead atoms. The number of carbonyl (C=O) groups is 2. The number of benzene rings is 1. The smallest absolute Gasteiger partial charge is 0.305 e. The zero-order valence-corrected chi connectivity index (χ0v) is 19.8. The number of thiophene rings is 1. The molecule has 0 radical (unpaired) electrons. The highest BCUT2D eigenvalue weighted by Gasteiger charge is 2.22. The molecule has 0 spiro atoms. The van der Waals surface area contributed by atoms with Crippen LogP contribution in [0.3, 0.4) is 0 Å². The number of aromatic nitrogens is 2. The number of hydrogen-bond donors (Lipinski definition) is 2. The first-order valence-corrected chi connectivity index (χ1v) is 12.8. The molecule has 0 fully saturated rings. The van der Waals surface area contributed by atoms with Crippen LogP contribution in [0.4, 0.5) is 0 Å². The highest BCUT2D eigenvalue weighted by Crippen LogP contribution is 2.34. The van der Waals surface area contributed by atoms with Crippen molar-refractivity contribution in [1.29, 1.82) is 0 Å². The highest BCUT2D eigenvalue weighted by molar-refractivity contribution is 7.99. The molecule has 5 rings (SSSR count). The topological polar surface area (TPSA) is 106 Å². The van der Waals surface area contributed by atoms with Gasteiger partial charge in [0.05, 0.1) is 23.1 Å². The third kappa shape index (κ3) is 4.51. The molecule has 0 atom stereocenters. The molecule has 4 aromatic rings. The molecule has 1 aliphatic rings. The molecular weight excluding hydrogens is 472 g/mol. The molecule has 0 aliphatic heterocycles. The number of rotatable bonds is 5. The van der Waals surface area contributed by atoms with Crippen molar-refractivity contribution >= 4 is 45.1 Å². The predicted octanol–water partition coefficient (Wildman–Crippen LogP) is 3.86. The summed E-state index contributed by atoms with van der Waals surface area (Å²) in [5.41, 5.74) is 6.41. The number of hydrazine groups is 1. The highest BCUT2D eigenvalue weighted by atomic mass is 32.2. The van der Waals surface area contributed by atoms with E-state index < -0.39 is 11.8 Å². The Morgan fingerprint density at radius 3 is 2.68 bits per heavy atom. The van der Waals surface area contributed by atoms with Crippen molar-refractivity contribution in [3.8, 4) is 5.69 Å². The van der Waals surface area contributed by atoms with E-state index in [1.54, 1.807) is 22.0 Å². The van der Waals surface area contributed by atoms with E-state index in [2.05, 4.69) is 10.9 Å². The summed E-state index contributed by atoms with van der Waals surface area (Å²) in [7, 11) is 0. The Labute approximate surface area is 203 Å². The average Bonchev–Trinajstić information content (AvgIpc) is 3.45. The van der Waals surface area contributed by atoms with Gasteiger partial charge in [-0.1, -0.05) is 36.4 Å². The van der Waals surface area contributed by atoms with Crippen molar-refractivity contribution in [2.45, 2.75) is 37.3 Å². The fourth-order valence-electron chi connectivity index (χ4n) is 4.03. The lowest BCUT2D eigenvalue weighted by molar-refractivity contribution is -0.119. The summed E-state index contributed by atoms with van der Waals surface area (Å²) in [6.07, 6.45) is 6.61. The van der Waals surface area contributed by atoms with Crippen molar-refractivity contribution in [2.24, 2.45) is 0 Å². The summed E-state index contributed by atoms with van der Waals surface area (Å²) in [4.78, 5) is 44.9. The standard InChI is InChI=1S/C24H22N4O4S2/c29-19(26-27-21(30)17-11-7-13-32-17)14-33-24-25-22-20(16-10-5-2-6-12-18(16)34-22)23(31)28(24)15-8-3-1-4-9-15/h1,3-4,7-9,11,13H,2,5-6,10,12,14H2,(H,26,29)(H,27,30). The zero-order chi connectivity index (χ0) is 23.5. The number of furan rings is 1. The lowest BCUT2D eigenvalue weighted by atomic mass is 10.1. The van der Waals surface area contributed by atoms with E-state index in [0.717, 1.165) is 47.8 Å². The molecule has 0 unspecified atom stereocenters. The molecule has 1 aromatic carbocycles.